The molecule has 0 radical (unpaired) electrons. The van der Waals surface area contributed by atoms with Crippen LogP contribution in [0.4, 0.5) is 0 Å². The number of ether oxygens (including phenoxy) is 1. The lowest BCUT2D eigenvalue weighted by Gasteiger charge is -2.13. The molecule has 1 nitrogen and oxygen atoms in total. The monoisotopic (exact) mass is 298 g/mol. The van der Waals surface area contributed by atoms with Crippen molar-refractivity contribution in [2.45, 2.75) is 44.9 Å². The first-order valence-electron chi connectivity index (χ1n) is 6.49. The Hall–Kier alpha value is -0.500. The van der Waals surface area contributed by atoms with Crippen LogP contribution in [-0.4, -0.2) is 11.4 Å². The molecule has 0 saturated carbocycles. The minimum Gasteiger partial charge on any atom is -0.494 e. The topological polar surface area (TPSA) is 9.23 Å². The lowest BCUT2D eigenvalue weighted by Crippen LogP contribution is -2.08. The number of hydrogen-bond donors (Lipinski definition) is 0. The molecular weight excluding hydrogens is 276 g/mol. The second kappa shape index (κ2) is 7.75. The molecule has 96 valence electrons. The minimum absolute atomic E-state index is 0.610. The second-order valence-corrected chi connectivity index (χ2v) is 5.97. The van der Waals surface area contributed by atoms with Gasteiger partial charge in [0.1, 0.15) is 5.75 Å². The van der Waals surface area contributed by atoms with Crippen LogP contribution < -0.4 is 4.74 Å². The Morgan fingerprint density at radius 1 is 1.18 bits per heavy atom. The van der Waals surface area contributed by atoms with E-state index in [0.29, 0.717) is 10.7 Å². The molecule has 0 aromatic heterocycles. The number of rotatable bonds is 7. The summed E-state index contributed by atoms with van der Waals surface area (Å²) in [6, 6.07) is 8.49. The Morgan fingerprint density at radius 2 is 1.82 bits per heavy atom. The third kappa shape index (κ3) is 5.58. The summed E-state index contributed by atoms with van der Waals surface area (Å²) in [4.78, 5) is 0.610. The molecule has 0 heterocycles. The third-order valence-corrected chi connectivity index (χ3v) is 4.34. The van der Waals surface area contributed by atoms with E-state index in [4.69, 9.17) is 4.74 Å². The van der Waals surface area contributed by atoms with Gasteiger partial charge in [-0.1, -0.05) is 48.8 Å². The number of benzene rings is 1. The van der Waals surface area contributed by atoms with Crippen LogP contribution in [0, 0.1) is 5.92 Å². The van der Waals surface area contributed by atoms with Gasteiger partial charge in [0.15, 0.2) is 0 Å². The van der Waals surface area contributed by atoms with Gasteiger partial charge in [0.05, 0.1) is 6.61 Å². The van der Waals surface area contributed by atoms with E-state index in [1.165, 1.54) is 12.0 Å². The Balaban J connectivity index is 2.40. The fourth-order valence-electron chi connectivity index (χ4n) is 1.61. The molecule has 1 rings (SSSR count). The average molecular weight is 299 g/mol. The Morgan fingerprint density at radius 3 is 2.35 bits per heavy atom. The lowest BCUT2D eigenvalue weighted by molar-refractivity contribution is 0.317. The van der Waals surface area contributed by atoms with Gasteiger partial charge in [0.25, 0.3) is 0 Å². The summed E-state index contributed by atoms with van der Waals surface area (Å²) < 4.78 is 5.56. The number of hydrogen-bond acceptors (Lipinski definition) is 1. The van der Waals surface area contributed by atoms with Crippen molar-refractivity contribution < 1.29 is 4.74 Å². The third-order valence-electron chi connectivity index (χ3n) is 2.83. The van der Waals surface area contributed by atoms with Crippen LogP contribution in [0.25, 0.3) is 0 Å². The number of aryl methyl sites for hydroxylation is 1. The van der Waals surface area contributed by atoms with Crippen LogP contribution in [0.2, 0.25) is 0 Å². The van der Waals surface area contributed by atoms with Crippen molar-refractivity contribution in [2.24, 2.45) is 5.92 Å². The van der Waals surface area contributed by atoms with E-state index >= 15 is 0 Å². The molecule has 1 unspecified atom stereocenters. The minimum atomic E-state index is 0.610. The van der Waals surface area contributed by atoms with Crippen molar-refractivity contribution in [3.8, 4) is 5.75 Å². The van der Waals surface area contributed by atoms with Crippen molar-refractivity contribution >= 4 is 15.9 Å². The Bertz CT molecular complexity index is 305. The first-order chi connectivity index (χ1) is 8.13. The fraction of sp³-hybridized carbons (Fsp3) is 0.600. The van der Waals surface area contributed by atoms with Gasteiger partial charge < -0.3 is 4.74 Å². The molecule has 17 heavy (non-hydrogen) atoms. The zero-order valence-corrected chi connectivity index (χ0v) is 12.7. The summed E-state index contributed by atoms with van der Waals surface area (Å²) >= 11 is 3.72. The molecule has 0 N–H and O–H groups in total. The SMILES string of the molecule is CCCOc1ccc(CCC(Br)C(C)C)cc1. The fourth-order valence-corrected chi connectivity index (χ4v) is 1.84. The van der Waals surface area contributed by atoms with E-state index in [1.807, 2.05) is 0 Å². The molecule has 1 atom stereocenters. The van der Waals surface area contributed by atoms with Gasteiger partial charge in [-0.05, 0) is 42.9 Å². The van der Waals surface area contributed by atoms with E-state index < -0.39 is 0 Å². The van der Waals surface area contributed by atoms with Crippen molar-refractivity contribution in [2.75, 3.05) is 6.61 Å². The summed E-state index contributed by atoms with van der Waals surface area (Å²) in [6.45, 7) is 7.43. The number of halogens is 1. The molecule has 0 amide bonds. The van der Waals surface area contributed by atoms with Crippen LogP contribution in [0.3, 0.4) is 0 Å². The summed E-state index contributed by atoms with van der Waals surface area (Å²) in [5.41, 5.74) is 1.39. The van der Waals surface area contributed by atoms with E-state index in [2.05, 4.69) is 61.0 Å². The van der Waals surface area contributed by atoms with Gasteiger partial charge in [0.2, 0.25) is 0 Å². The van der Waals surface area contributed by atoms with Gasteiger partial charge in [0, 0.05) is 4.83 Å². The summed E-state index contributed by atoms with van der Waals surface area (Å²) in [5.74, 6) is 1.68. The van der Waals surface area contributed by atoms with Crippen LogP contribution >= 0.6 is 15.9 Å². The lowest BCUT2D eigenvalue weighted by atomic mass is 10.0. The molecule has 0 aliphatic carbocycles. The molecule has 2 heteroatoms. The molecule has 1 aromatic rings. The largest absolute Gasteiger partial charge is 0.494 e. The zero-order chi connectivity index (χ0) is 12.7. The van der Waals surface area contributed by atoms with Gasteiger partial charge >= 0.3 is 0 Å². The standard InChI is InChI=1S/C15H23BrO/c1-4-11-17-14-8-5-13(6-9-14)7-10-15(16)12(2)3/h5-6,8-9,12,15H,4,7,10-11H2,1-3H3. The van der Waals surface area contributed by atoms with Gasteiger partial charge in [-0.2, -0.15) is 0 Å². The molecule has 0 fully saturated rings. The van der Waals surface area contributed by atoms with Crippen LogP contribution in [0.15, 0.2) is 24.3 Å². The van der Waals surface area contributed by atoms with E-state index in [-0.39, 0.29) is 0 Å². The predicted octanol–water partition coefficient (Wildman–Crippen LogP) is 4.83. The molecule has 0 aliphatic heterocycles. The highest BCUT2D eigenvalue weighted by atomic mass is 79.9. The van der Waals surface area contributed by atoms with Crippen molar-refractivity contribution in [1.29, 1.82) is 0 Å². The first kappa shape index (κ1) is 14.6. The van der Waals surface area contributed by atoms with Crippen LogP contribution in [-0.2, 0) is 6.42 Å². The van der Waals surface area contributed by atoms with Crippen LogP contribution in [0.5, 0.6) is 5.75 Å². The normalized spacial score (nSPS) is 12.8. The van der Waals surface area contributed by atoms with Crippen molar-refractivity contribution in [3.05, 3.63) is 29.8 Å². The van der Waals surface area contributed by atoms with Crippen LogP contribution in [0.1, 0.15) is 39.2 Å². The molecule has 0 spiro atoms. The van der Waals surface area contributed by atoms with E-state index in [9.17, 15) is 0 Å². The Labute approximate surface area is 114 Å². The van der Waals surface area contributed by atoms with Crippen molar-refractivity contribution in [3.63, 3.8) is 0 Å². The highest BCUT2D eigenvalue weighted by Crippen LogP contribution is 2.20. The zero-order valence-electron chi connectivity index (χ0n) is 11.1. The summed E-state index contributed by atoms with van der Waals surface area (Å²) in [6.07, 6.45) is 3.37. The summed E-state index contributed by atoms with van der Waals surface area (Å²) in [7, 11) is 0. The predicted molar refractivity (Wildman–Crippen MR) is 78.1 cm³/mol. The maximum Gasteiger partial charge on any atom is 0.119 e. The smallest absolute Gasteiger partial charge is 0.119 e. The van der Waals surface area contributed by atoms with Gasteiger partial charge in [-0.3, -0.25) is 0 Å². The quantitative estimate of drug-likeness (QED) is 0.655. The highest BCUT2D eigenvalue weighted by molar-refractivity contribution is 9.09. The molecule has 1 aromatic carbocycles. The van der Waals surface area contributed by atoms with Gasteiger partial charge in [-0.25, -0.2) is 0 Å². The molecule has 0 aliphatic rings. The summed E-state index contributed by atoms with van der Waals surface area (Å²) in [5, 5.41) is 0. The van der Waals surface area contributed by atoms with Gasteiger partial charge in [-0.15, -0.1) is 0 Å². The second-order valence-electron chi connectivity index (χ2n) is 4.79. The highest BCUT2D eigenvalue weighted by Gasteiger charge is 2.08. The maximum atomic E-state index is 5.56. The van der Waals surface area contributed by atoms with Crippen molar-refractivity contribution in [1.82, 2.24) is 0 Å². The average Bonchev–Trinajstić information content (AvgIpc) is 2.34. The number of alkyl halides is 1. The van der Waals surface area contributed by atoms with E-state index in [1.54, 1.807) is 0 Å². The van der Waals surface area contributed by atoms with E-state index in [0.717, 1.165) is 25.2 Å². The molecule has 0 bridgehead atoms. The Kier molecular flexibility index (Phi) is 6.64. The molecule has 0 saturated heterocycles. The first-order valence-corrected chi connectivity index (χ1v) is 7.41. The maximum absolute atomic E-state index is 5.56. The molecular formula is C15H23BrO.